The Morgan fingerprint density at radius 1 is 1.03 bits per heavy atom. The van der Waals surface area contributed by atoms with Crippen molar-refractivity contribution in [1.82, 2.24) is 14.8 Å². The van der Waals surface area contributed by atoms with Gasteiger partial charge in [0.2, 0.25) is 0 Å². The lowest BCUT2D eigenvalue weighted by molar-refractivity contribution is 0.102. The molecule has 0 saturated carbocycles. The fourth-order valence-electron chi connectivity index (χ4n) is 3.60. The van der Waals surface area contributed by atoms with E-state index in [1.807, 2.05) is 35.0 Å². The maximum atomic E-state index is 13.0. The minimum Gasteiger partial charge on any atom is -0.319 e. The summed E-state index contributed by atoms with van der Waals surface area (Å²) in [7, 11) is -3.38. The third kappa shape index (κ3) is 4.07. The lowest BCUT2D eigenvalue weighted by Gasteiger charge is -2.06. The van der Waals surface area contributed by atoms with E-state index in [4.69, 9.17) is 0 Å². The molecule has 1 amide bonds. The summed E-state index contributed by atoms with van der Waals surface area (Å²) in [5.74, 6) is -0.313. The highest BCUT2D eigenvalue weighted by Gasteiger charge is 2.25. The monoisotopic (exact) mass is 410 g/mol. The highest BCUT2D eigenvalue weighted by atomic mass is 32.2. The van der Waals surface area contributed by atoms with Gasteiger partial charge in [-0.25, -0.2) is 18.1 Å². The van der Waals surface area contributed by atoms with Crippen LogP contribution in [0, 0.1) is 0 Å². The summed E-state index contributed by atoms with van der Waals surface area (Å²) in [6, 6.07) is 12.7. The van der Waals surface area contributed by atoms with E-state index in [-0.39, 0.29) is 10.9 Å². The Labute approximate surface area is 169 Å². The summed E-state index contributed by atoms with van der Waals surface area (Å²) in [4.78, 5) is 16.9. The molecule has 150 valence electrons. The molecule has 1 aliphatic carbocycles. The average molecular weight is 410 g/mol. The summed E-state index contributed by atoms with van der Waals surface area (Å²) < 4.78 is 25.0. The summed E-state index contributed by atoms with van der Waals surface area (Å²) in [6.07, 6.45) is 7.37. The first-order chi connectivity index (χ1) is 13.9. The van der Waals surface area contributed by atoms with Gasteiger partial charge in [0.05, 0.1) is 17.6 Å². The van der Waals surface area contributed by atoms with Gasteiger partial charge in [0, 0.05) is 17.5 Å². The number of nitrogens with one attached hydrogen (secondary N) is 1. The van der Waals surface area contributed by atoms with Crippen LogP contribution >= 0.6 is 0 Å². The van der Waals surface area contributed by atoms with Crippen molar-refractivity contribution in [3.63, 3.8) is 0 Å². The third-order valence-corrected chi connectivity index (χ3v) is 6.02. The zero-order valence-electron chi connectivity index (χ0n) is 16.1. The number of fused-ring (bicyclic) bond motifs is 1. The molecule has 4 rings (SSSR count). The molecule has 3 aromatic rings. The van der Waals surface area contributed by atoms with Gasteiger partial charge in [-0.2, -0.15) is 5.10 Å². The van der Waals surface area contributed by atoms with Crippen molar-refractivity contribution in [2.45, 2.75) is 37.1 Å². The molecule has 0 fully saturated rings. The van der Waals surface area contributed by atoms with Crippen LogP contribution in [0.15, 0.2) is 53.7 Å². The van der Waals surface area contributed by atoms with Crippen LogP contribution in [0.4, 0.5) is 5.69 Å². The topological polar surface area (TPSA) is 94.0 Å². The molecule has 0 spiro atoms. The summed E-state index contributed by atoms with van der Waals surface area (Å²) in [6.45, 7) is 0. The van der Waals surface area contributed by atoms with Crippen molar-refractivity contribution in [3.8, 4) is 5.69 Å². The number of rotatable bonds is 4. The second kappa shape index (κ2) is 7.79. The number of hydrogen-bond acceptors (Lipinski definition) is 5. The lowest BCUT2D eigenvalue weighted by Crippen LogP contribution is -2.15. The first kappa shape index (κ1) is 19.3. The molecule has 0 saturated heterocycles. The first-order valence-electron chi connectivity index (χ1n) is 9.57. The fraction of sp³-hybridized carbons (Fsp3) is 0.286. The predicted molar refractivity (Wildman–Crippen MR) is 110 cm³/mol. The van der Waals surface area contributed by atoms with Gasteiger partial charge in [-0.05, 0) is 49.9 Å². The Balaban J connectivity index is 1.67. The molecule has 29 heavy (non-hydrogen) atoms. The third-order valence-electron chi connectivity index (χ3n) is 5.02. The number of sulfone groups is 1. The molecule has 0 unspecified atom stereocenters. The minimum absolute atomic E-state index is 0.0299. The molecule has 1 aliphatic rings. The Morgan fingerprint density at radius 2 is 1.79 bits per heavy atom. The van der Waals surface area contributed by atoms with E-state index < -0.39 is 9.84 Å². The molecule has 1 N–H and O–H groups in total. The molecule has 0 aliphatic heterocycles. The largest absolute Gasteiger partial charge is 0.319 e. The number of hydrogen-bond donors (Lipinski definition) is 1. The molecular weight excluding hydrogens is 388 g/mol. The second-order valence-electron chi connectivity index (χ2n) is 7.19. The number of para-hydroxylation sites is 1. The van der Waals surface area contributed by atoms with Gasteiger partial charge in [-0.3, -0.25) is 4.79 Å². The summed E-state index contributed by atoms with van der Waals surface area (Å²) >= 11 is 0. The average Bonchev–Trinajstić information content (AvgIpc) is 2.89. The quantitative estimate of drug-likeness (QED) is 0.667. The SMILES string of the molecule is CS(=O)(=O)c1ccc(NC(=O)c2nn(-c3ccccc3)c3c2CCCCC3)cn1. The van der Waals surface area contributed by atoms with Crippen LogP contribution in [-0.2, 0) is 22.7 Å². The van der Waals surface area contributed by atoms with Crippen LogP contribution in [0.25, 0.3) is 5.69 Å². The van der Waals surface area contributed by atoms with E-state index in [1.54, 1.807) is 0 Å². The van der Waals surface area contributed by atoms with Gasteiger partial charge < -0.3 is 5.32 Å². The highest BCUT2D eigenvalue weighted by Crippen LogP contribution is 2.27. The van der Waals surface area contributed by atoms with E-state index >= 15 is 0 Å². The maximum Gasteiger partial charge on any atom is 0.276 e. The number of aromatic nitrogens is 3. The van der Waals surface area contributed by atoms with Crippen LogP contribution in [0.2, 0.25) is 0 Å². The molecule has 8 heteroatoms. The predicted octanol–water partition coefficient (Wildman–Crippen LogP) is 3.19. The van der Waals surface area contributed by atoms with E-state index in [0.717, 1.165) is 55.3 Å². The molecular formula is C21H22N4O3S. The van der Waals surface area contributed by atoms with Gasteiger partial charge in [0.15, 0.2) is 20.6 Å². The highest BCUT2D eigenvalue weighted by molar-refractivity contribution is 7.90. The molecule has 0 atom stereocenters. The Kier molecular flexibility index (Phi) is 5.19. The zero-order valence-corrected chi connectivity index (χ0v) is 16.9. The van der Waals surface area contributed by atoms with Crippen molar-refractivity contribution in [1.29, 1.82) is 0 Å². The van der Waals surface area contributed by atoms with Crippen LogP contribution < -0.4 is 5.32 Å². The number of nitrogens with zero attached hydrogens (tertiary/aromatic N) is 3. The molecule has 1 aromatic carbocycles. The standard InChI is InChI=1S/C21H22N4O3S/c1-29(27,28)19-13-12-15(14-22-19)23-21(26)20-17-10-6-3-7-11-18(17)25(24-20)16-8-4-2-5-9-16/h2,4-5,8-9,12-14H,3,6-7,10-11H2,1H3,(H,23,26). The Bertz CT molecular complexity index is 1140. The number of carbonyl (C=O) groups is 1. The van der Waals surface area contributed by atoms with Gasteiger partial charge in [-0.15, -0.1) is 0 Å². The Morgan fingerprint density at radius 3 is 2.48 bits per heavy atom. The van der Waals surface area contributed by atoms with Crippen molar-refractivity contribution in [2.75, 3.05) is 11.6 Å². The number of carbonyl (C=O) groups excluding carboxylic acids is 1. The van der Waals surface area contributed by atoms with Crippen molar-refractivity contribution >= 4 is 21.4 Å². The van der Waals surface area contributed by atoms with Crippen LogP contribution in [0.3, 0.4) is 0 Å². The smallest absolute Gasteiger partial charge is 0.276 e. The molecule has 7 nitrogen and oxygen atoms in total. The lowest BCUT2D eigenvalue weighted by atomic mass is 10.1. The van der Waals surface area contributed by atoms with E-state index in [0.29, 0.717) is 11.4 Å². The van der Waals surface area contributed by atoms with Gasteiger partial charge >= 0.3 is 0 Å². The van der Waals surface area contributed by atoms with E-state index in [2.05, 4.69) is 15.4 Å². The minimum atomic E-state index is -3.38. The van der Waals surface area contributed by atoms with Gasteiger partial charge in [0.1, 0.15) is 0 Å². The van der Waals surface area contributed by atoms with E-state index in [1.165, 1.54) is 18.3 Å². The fourth-order valence-corrected chi connectivity index (χ4v) is 4.16. The molecule has 0 radical (unpaired) electrons. The maximum absolute atomic E-state index is 13.0. The number of anilines is 1. The van der Waals surface area contributed by atoms with Gasteiger partial charge in [0.25, 0.3) is 5.91 Å². The summed E-state index contributed by atoms with van der Waals surface area (Å²) in [5.41, 5.74) is 3.86. The normalized spacial score (nSPS) is 14.1. The molecule has 0 bridgehead atoms. The van der Waals surface area contributed by atoms with Crippen LogP contribution in [0.5, 0.6) is 0 Å². The molecule has 2 aromatic heterocycles. The number of benzene rings is 1. The van der Waals surface area contributed by atoms with Crippen LogP contribution in [-0.4, -0.2) is 35.3 Å². The number of pyridine rings is 1. The van der Waals surface area contributed by atoms with Crippen molar-refractivity contribution in [2.24, 2.45) is 0 Å². The van der Waals surface area contributed by atoms with Crippen molar-refractivity contribution in [3.05, 3.63) is 65.6 Å². The van der Waals surface area contributed by atoms with Crippen molar-refractivity contribution < 1.29 is 13.2 Å². The Hall–Kier alpha value is -3.00. The molecule has 2 heterocycles. The number of amides is 1. The zero-order chi connectivity index (χ0) is 20.4. The first-order valence-corrected chi connectivity index (χ1v) is 11.5. The van der Waals surface area contributed by atoms with Gasteiger partial charge in [-0.1, -0.05) is 24.6 Å². The second-order valence-corrected chi connectivity index (χ2v) is 9.16. The van der Waals surface area contributed by atoms with E-state index in [9.17, 15) is 13.2 Å². The van der Waals surface area contributed by atoms with Crippen LogP contribution in [0.1, 0.15) is 41.0 Å². The summed E-state index contributed by atoms with van der Waals surface area (Å²) in [5, 5.41) is 7.42.